The lowest BCUT2D eigenvalue weighted by Gasteiger charge is -2.07. The quantitative estimate of drug-likeness (QED) is 0.344. The Hall–Kier alpha value is -1.77. The van der Waals surface area contributed by atoms with Crippen molar-refractivity contribution in [2.24, 2.45) is 0 Å². The Morgan fingerprint density at radius 2 is 1.30 bits per heavy atom. The van der Waals surface area contributed by atoms with Gasteiger partial charge >= 0.3 is 0 Å². The zero-order chi connectivity index (χ0) is 20.1. The van der Waals surface area contributed by atoms with Gasteiger partial charge in [0.15, 0.2) is 23.3 Å². The number of aliphatic hydroxyl groups excluding tert-OH is 1. The fraction of sp³-hybridized carbons (Fsp3) is 0.333. The van der Waals surface area contributed by atoms with Gasteiger partial charge in [-0.25, -0.2) is 26.3 Å². The van der Waals surface area contributed by atoms with E-state index in [2.05, 4.69) is 0 Å². The normalized spacial score (nSPS) is 16.5. The number of aliphatic hydroxyl groups is 1. The van der Waals surface area contributed by atoms with E-state index in [1.165, 1.54) is 0 Å². The number of hydrogen-bond donors (Lipinski definition) is 1. The van der Waals surface area contributed by atoms with Crippen LogP contribution in [0.25, 0.3) is 0 Å². The van der Waals surface area contributed by atoms with Gasteiger partial charge in [-0.05, 0) is 23.3 Å². The van der Waals surface area contributed by atoms with Crippen LogP contribution in [-0.2, 0) is 17.6 Å². The maximum absolute atomic E-state index is 13.0. The minimum absolute atomic E-state index is 0.0284. The van der Waals surface area contributed by atoms with E-state index in [0.717, 1.165) is 12.1 Å². The maximum atomic E-state index is 13.0. The fourth-order valence-electron chi connectivity index (χ4n) is 2.18. The van der Waals surface area contributed by atoms with Gasteiger partial charge in [-0.2, -0.15) is 0 Å². The first-order valence-electron chi connectivity index (χ1n) is 7.83. The van der Waals surface area contributed by atoms with E-state index >= 15 is 0 Å². The number of hydrogen-bond acceptors (Lipinski definition) is 2. The molecule has 0 aromatic heterocycles. The average molecular weight is 413 g/mol. The van der Waals surface area contributed by atoms with Crippen molar-refractivity contribution in [1.82, 2.24) is 0 Å². The van der Waals surface area contributed by atoms with Crippen LogP contribution < -0.4 is 0 Å². The van der Waals surface area contributed by atoms with E-state index in [1.54, 1.807) is 0 Å². The highest BCUT2D eigenvalue weighted by atomic mass is 35.5. The largest absolute Gasteiger partial charge is 0.392 e. The summed E-state index contributed by atoms with van der Waals surface area (Å²) in [6, 6.07) is 2.62. The van der Waals surface area contributed by atoms with Gasteiger partial charge in [0.25, 0.3) is 0 Å². The summed E-state index contributed by atoms with van der Waals surface area (Å²) in [7, 11) is 0. The molecule has 1 fully saturated rings. The van der Waals surface area contributed by atoms with Gasteiger partial charge in [-0.3, -0.25) is 0 Å². The molecule has 3 rings (SSSR count). The Bertz CT molecular complexity index is 798. The van der Waals surface area contributed by atoms with Crippen LogP contribution in [0.3, 0.4) is 0 Å². The van der Waals surface area contributed by atoms with Crippen LogP contribution in [0.15, 0.2) is 24.3 Å². The molecule has 148 valence electrons. The van der Waals surface area contributed by atoms with Crippen molar-refractivity contribution in [2.45, 2.75) is 25.0 Å². The van der Waals surface area contributed by atoms with E-state index < -0.39 is 41.0 Å². The Balaban J connectivity index is 0.000000194. The third-order valence-corrected chi connectivity index (χ3v) is 4.02. The molecule has 2 nitrogen and oxygen atoms in total. The number of ether oxygens (including phenoxy) is 1. The highest BCUT2D eigenvalue weighted by Crippen LogP contribution is 2.20. The van der Waals surface area contributed by atoms with E-state index in [9.17, 15) is 26.3 Å². The van der Waals surface area contributed by atoms with E-state index in [1.807, 2.05) is 0 Å². The Morgan fingerprint density at radius 1 is 0.852 bits per heavy atom. The van der Waals surface area contributed by atoms with Gasteiger partial charge < -0.3 is 9.84 Å². The predicted octanol–water partition coefficient (Wildman–Crippen LogP) is 4.29. The third-order valence-electron chi connectivity index (χ3n) is 3.66. The summed E-state index contributed by atoms with van der Waals surface area (Å²) in [4.78, 5) is 0. The number of epoxide rings is 1. The zero-order valence-electron chi connectivity index (χ0n) is 13.8. The number of halogens is 7. The average Bonchev–Trinajstić information content (AvgIpc) is 3.42. The fourth-order valence-corrected chi connectivity index (χ4v) is 2.29. The molecule has 0 saturated carbocycles. The molecule has 1 aliphatic rings. The molecule has 1 N–H and O–H groups in total. The van der Waals surface area contributed by atoms with E-state index in [-0.39, 0.29) is 29.5 Å². The lowest BCUT2D eigenvalue weighted by Crippen LogP contribution is -2.13. The van der Waals surface area contributed by atoms with Gasteiger partial charge in [0.2, 0.25) is 0 Å². The molecular weight excluding hydrogens is 398 g/mol. The number of rotatable bonds is 5. The molecule has 1 heterocycles. The van der Waals surface area contributed by atoms with Gasteiger partial charge in [0.1, 0.15) is 11.6 Å². The molecule has 2 atom stereocenters. The van der Waals surface area contributed by atoms with Crippen LogP contribution in [-0.4, -0.2) is 29.8 Å². The third kappa shape index (κ3) is 6.41. The summed E-state index contributed by atoms with van der Waals surface area (Å²) in [6.07, 6.45) is -0.814. The van der Waals surface area contributed by atoms with E-state index in [4.69, 9.17) is 21.4 Å². The molecule has 0 bridgehead atoms. The van der Waals surface area contributed by atoms with Crippen molar-refractivity contribution in [2.75, 3.05) is 12.5 Å². The first-order chi connectivity index (χ1) is 12.7. The molecule has 1 aliphatic heterocycles. The van der Waals surface area contributed by atoms with Gasteiger partial charge in [-0.1, -0.05) is 0 Å². The Morgan fingerprint density at radius 3 is 1.78 bits per heavy atom. The molecular formula is C18H15ClF6O2. The van der Waals surface area contributed by atoms with Crippen LogP contribution in [0.5, 0.6) is 0 Å². The monoisotopic (exact) mass is 412 g/mol. The minimum Gasteiger partial charge on any atom is -0.392 e. The SMILES string of the molecule is Fc1cc(F)c(C[C@H]2CO2)cc1F.O[C@H](CCl)Cc1cc(F)c(F)cc1F. The number of alkyl halides is 1. The topological polar surface area (TPSA) is 32.8 Å². The molecule has 0 amide bonds. The second-order valence-electron chi connectivity index (χ2n) is 5.89. The predicted molar refractivity (Wildman–Crippen MR) is 86.5 cm³/mol. The molecule has 2 aromatic rings. The number of benzene rings is 2. The van der Waals surface area contributed by atoms with Crippen molar-refractivity contribution >= 4 is 11.6 Å². The molecule has 2 aromatic carbocycles. The first kappa shape index (κ1) is 21.5. The lowest BCUT2D eigenvalue weighted by atomic mass is 10.1. The van der Waals surface area contributed by atoms with Crippen molar-refractivity contribution in [1.29, 1.82) is 0 Å². The second kappa shape index (κ2) is 9.43. The van der Waals surface area contributed by atoms with Crippen LogP contribution in [0, 0.1) is 34.9 Å². The molecule has 1 saturated heterocycles. The second-order valence-corrected chi connectivity index (χ2v) is 6.20. The molecule has 27 heavy (non-hydrogen) atoms. The molecule has 0 unspecified atom stereocenters. The Kier molecular flexibility index (Phi) is 7.52. The highest BCUT2D eigenvalue weighted by molar-refractivity contribution is 6.18. The van der Waals surface area contributed by atoms with Crippen LogP contribution in [0.2, 0.25) is 0 Å². The standard InChI is InChI=1S/C9H8ClF3O.C9H7F3O/c10-4-6(14)1-5-2-8(12)9(13)3-7(5)11;10-7-3-9(12)8(11)2-5(7)1-6-4-13-6/h2-3,6,14H,1,4H2;2-3,6H,1,4H2/t2*6-/m00/s1. The summed E-state index contributed by atoms with van der Waals surface area (Å²) in [6.45, 7) is 0.568. The van der Waals surface area contributed by atoms with Crippen LogP contribution in [0.1, 0.15) is 11.1 Å². The van der Waals surface area contributed by atoms with Gasteiger partial charge in [0, 0.05) is 30.9 Å². The summed E-state index contributed by atoms with van der Waals surface area (Å²) in [5.41, 5.74) is 0.0819. The van der Waals surface area contributed by atoms with Crippen LogP contribution >= 0.6 is 11.6 Å². The maximum Gasteiger partial charge on any atom is 0.161 e. The summed E-state index contributed by atoms with van der Waals surface area (Å²) < 4.78 is 81.0. The molecule has 0 spiro atoms. The van der Waals surface area contributed by atoms with Crippen molar-refractivity contribution in [3.05, 3.63) is 70.3 Å². The van der Waals surface area contributed by atoms with Crippen molar-refractivity contribution in [3.63, 3.8) is 0 Å². The van der Waals surface area contributed by atoms with Gasteiger partial charge in [0.05, 0.1) is 18.8 Å². The zero-order valence-corrected chi connectivity index (χ0v) is 14.5. The van der Waals surface area contributed by atoms with Crippen molar-refractivity contribution < 1.29 is 36.2 Å². The van der Waals surface area contributed by atoms with E-state index in [0.29, 0.717) is 25.2 Å². The smallest absolute Gasteiger partial charge is 0.161 e. The minimum atomic E-state index is -1.24. The summed E-state index contributed by atoms with van der Waals surface area (Å²) >= 11 is 5.29. The first-order valence-corrected chi connectivity index (χ1v) is 8.37. The highest BCUT2D eigenvalue weighted by Gasteiger charge is 2.24. The summed E-state index contributed by atoms with van der Waals surface area (Å²) in [5.74, 6) is -6.23. The summed E-state index contributed by atoms with van der Waals surface area (Å²) in [5, 5.41) is 9.08. The van der Waals surface area contributed by atoms with Crippen molar-refractivity contribution in [3.8, 4) is 0 Å². The molecule has 9 heteroatoms. The van der Waals surface area contributed by atoms with Gasteiger partial charge in [-0.15, -0.1) is 11.6 Å². The lowest BCUT2D eigenvalue weighted by molar-refractivity contribution is 0.197. The Labute approximate surface area is 156 Å². The molecule has 0 aliphatic carbocycles. The molecule has 0 radical (unpaired) electrons. The van der Waals surface area contributed by atoms with Crippen LogP contribution in [0.4, 0.5) is 26.3 Å².